The topological polar surface area (TPSA) is 36.4 Å². The number of phenolic OH excluding ortho intramolecular Hbond substituents is 1. The maximum absolute atomic E-state index is 10.4. The molecule has 3 nitrogen and oxygen atoms in total. The molecule has 0 aliphatic heterocycles. The number of phenols is 1. The third-order valence-electron chi connectivity index (χ3n) is 4.01. The second-order valence-electron chi connectivity index (χ2n) is 5.75. The van der Waals surface area contributed by atoms with Crippen molar-refractivity contribution in [1.82, 2.24) is 4.98 Å². The summed E-state index contributed by atoms with van der Waals surface area (Å²) in [6.45, 7) is 0. The number of anilines is 1. The van der Waals surface area contributed by atoms with Crippen molar-refractivity contribution in [3.05, 3.63) is 54.6 Å². The number of rotatable bonds is 2. The smallest absolute Gasteiger partial charge is 0.128 e. The van der Waals surface area contributed by atoms with Crippen LogP contribution in [0.2, 0.25) is 0 Å². The Kier molecular flexibility index (Phi) is 3.20. The van der Waals surface area contributed by atoms with Gasteiger partial charge in [0.2, 0.25) is 0 Å². The summed E-state index contributed by atoms with van der Waals surface area (Å²) < 4.78 is 1.16. The van der Waals surface area contributed by atoms with Gasteiger partial charge in [0.1, 0.15) is 10.8 Å². The highest BCUT2D eigenvalue weighted by molar-refractivity contribution is 7.22. The van der Waals surface area contributed by atoms with Crippen LogP contribution in [0.25, 0.3) is 31.6 Å². The minimum atomic E-state index is 0.263. The largest absolute Gasteiger partial charge is 0.507 e. The fourth-order valence-electron chi connectivity index (χ4n) is 2.75. The molecule has 0 aliphatic carbocycles. The molecule has 0 saturated heterocycles. The first-order valence-corrected chi connectivity index (χ1v) is 8.24. The van der Waals surface area contributed by atoms with E-state index in [9.17, 15) is 5.11 Å². The highest BCUT2D eigenvalue weighted by Gasteiger charge is 2.13. The van der Waals surface area contributed by atoms with E-state index < -0.39 is 0 Å². The Morgan fingerprint density at radius 3 is 2.61 bits per heavy atom. The minimum absolute atomic E-state index is 0.263. The minimum Gasteiger partial charge on any atom is -0.507 e. The first-order chi connectivity index (χ1) is 11.1. The van der Waals surface area contributed by atoms with Crippen molar-refractivity contribution >= 4 is 38.0 Å². The van der Waals surface area contributed by atoms with E-state index in [0.717, 1.165) is 26.5 Å². The molecule has 4 heteroatoms. The molecule has 0 amide bonds. The van der Waals surface area contributed by atoms with E-state index in [2.05, 4.69) is 18.2 Å². The molecule has 1 aromatic heterocycles. The third-order valence-corrected chi connectivity index (χ3v) is 5.15. The van der Waals surface area contributed by atoms with Crippen LogP contribution in [-0.4, -0.2) is 24.2 Å². The van der Waals surface area contributed by atoms with Gasteiger partial charge in [-0.2, -0.15) is 0 Å². The van der Waals surface area contributed by atoms with E-state index in [1.807, 2.05) is 49.3 Å². The number of nitrogens with zero attached hydrogens (tertiary/aromatic N) is 2. The average Bonchev–Trinajstić information content (AvgIpc) is 2.99. The summed E-state index contributed by atoms with van der Waals surface area (Å²) in [6.07, 6.45) is 0. The molecule has 0 atom stereocenters. The summed E-state index contributed by atoms with van der Waals surface area (Å²) in [5, 5.41) is 13.6. The molecule has 1 heterocycles. The van der Waals surface area contributed by atoms with E-state index in [1.54, 1.807) is 17.4 Å². The Bertz CT molecular complexity index is 1020. The van der Waals surface area contributed by atoms with Crippen LogP contribution in [0.1, 0.15) is 0 Å². The predicted molar refractivity (Wildman–Crippen MR) is 98.6 cm³/mol. The molecule has 4 aromatic rings. The number of thiazole rings is 1. The van der Waals surface area contributed by atoms with E-state index in [0.29, 0.717) is 0 Å². The molecule has 1 N–H and O–H groups in total. The molecule has 0 unspecified atom stereocenters. The van der Waals surface area contributed by atoms with Crippen LogP contribution in [0.3, 0.4) is 0 Å². The van der Waals surface area contributed by atoms with Crippen LogP contribution in [0, 0.1) is 0 Å². The van der Waals surface area contributed by atoms with Gasteiger partial charge in [0.15, 0.2) is 0 Å². The highest BCUT2D eigenvalue weighted by Crippen LogP contribution is 2.39. The molecule has 3 aromatic carbocycles. The lowest BCUT2D eigenvalue weighted by molar-refractivity contribution is 0.477. The second kappa shape index (κ2) is 5.25. The Balaban J connectivity index is 1.91. The Morgan fingerprint density at radius 1 is 1.00 bits per heavy atom. The lowest BCUT2D eigenvalue weighted by atomic mass is 10.1. The first-order valence-electron chi connectivity index (χ1n) is 7.42. The van der Waals surface area contributed by atoms with Gasteiger partial charge < -0.3 is 10.0 Å². The van der Waals surface area contributed by atoms with Crippen LogP contribution < -0.4 is 4.90 Å². The lowest BCUT2D eigenvalue weighted by Crippen LogP contribution is -2.08. The van der Waals surface area contributed by atoms with Crippen molar-refractivity contribution in [1.29, 1.82) is 0 Å². The molecule has 0 radical (unpaired) electrons. The Hall–Kier alpha value is -2.59. The summed E-state index contributed by atoms with van der Waals surface area (Å²) in [7, 11) is 3.91. The quantitative estimate of drug-likeness (QED) is 0.571. The van der Waals surface area contributed by atoms with Gasteiger partial charge in [-0.3, -0.25) is 0 Å². The van der Waals surface area contributed by atoms with Crippen molar-refractivity contribution in [2.45, 2.75) is 0 Å². The van der Waals surface area contributed by atoms with Crippen LogP contribution >= 0.6 is 11.3 Å². The molecular weight excluding hydrogens is 304 g/mol. The molecule has 0 fully saturated rings. The van der Waals surface area contributed by atoms with E-state index in [1.165, 1.54) is 10.8 Å². The molecule has 0 aliphatic rings. The van der Waals surface area contributed by atoms with Gasteiger partial charge in [0.25, 0.3) is 0 Å². The number of benzene rings is 3. The van der Waals surface area contributed by atoms with Crippen LogP contribution in [-0.2, 0) is 0 Å². The van der Waals surface area contributed by atoms with Gasteiger partial charge in [-0.25, -0.2) is 4.98 Å². The van der Waals surface area contributed by atoms with Gasteiger partial charge in [-0.15, -0.1) is 11.3 Å². The van der Waals surface area contributed by atoms with Crippen LogP contribution in [0.4, 0.5) is 5.69 Å². The van der Waals surface area contributed by atoms with Gasteiger partial charge in [0.05, 0.1) is 15.8 Å². The van der Waals surface area contributed by atoms with Crippen LogP contribution in [0.15, 0.2) is 54.6 Å². The first kappa shape index (κ1) is 14.0. The number of fused-ring (bicyclic) bond motifs is 3. The summed E-state index contributed by atoms with van der Waals surface area (Å²) in [4.78, 5) is 6.68. The maximum Gasteiger partial charge on any atom is 0.128 e. The van der Waals surface area contributed by atoms with Crippen LogP contribution in [0.5, 0.6) is 5.75 Å². The van der Waals surface area contributed by atoms with E-state index in [-0.39, 0.29) is 5.75 Å². The monoisotopic (exact) mass is 320 g/mol. The van der Waals surface area contributed by atoms with Crippen molar-refractivity contribution < 1.29 is 5.11 Å². The fraction of sp³-hybridized carbons (Fsp3) is 0.105. The molecule has 0 saturated carbocycles. The number of hydrogen-bond donors (Lipinski definition) is 1. The fourth-order valence-corrected chi connectivity index (χ4v) is 3.88. The summed E-state index contributed by atoms with van der Waals surface area (Å²) in [6, 6.07) is 18.2. The van der Waals surface area contributed by atoms with Crippen molar-refractivity contribution in [2.24, 2.45) is 0 Å². The zero-order chi connectivity index (χ0) is 16.0. The molecule has 0 spiro atoms. The Labute approximate surface area is 138 Å². The summed E-state index contributed by atoms with van der Waals surface area (Å²) in [5.74, 6) is 0.263. The standard InChI is InChI=1S/C19H16N2OS/c1-21(2)13-8-9-15(17(22)11-13)19-20-16-10-7-12-5-3-4-6-14(12)18(16)23-19/h3-11,22H,1-2H3. The molecule has 23 heavy (non-hydrogen) atoms. The third kappa shape index (κ3) is 2.32. The van der Waals surface area contributed by atoms with Gasteiger partial charge in [0, 0.05) is 31.2 Å². The van der Waals surface area contributed by atoms with Crippen molar-refractivity contribution in [2.75, 3.05) is 19.0 Å². The van der Waals surface area contributed by atoms with Gasteiger partial charge in [-0.05, 0) is 23.6 Å². The van der Waals surface area contributed by atoms with E-state index >= 15 is 0 Å². The SMILES string of the molecule is CN(C)c1ccc(-c2nc3ccc4ccccc4c3s2)c(O)c1. The average molecular weight is 320 g/mol. The lowest BCUT2D eigenvalue weighted by Gasteiger charge is -2.13. The highest BCUT2D eigenvalue weighted by atomic mass is 32.1. The maximum atomic E-state index is 10.4. The van der Waals surface area contributed by atoms with Gasteiger partial charge in [-0.1, -0.05) is 30.3 Å². The molecule has 0 bridgehead atoms. The zero-order valence-corrected chi connectivity index (χ0v) is 13.8. The normalized spacial score (nSPS) is 11.2. The molecule has 4 rings (SSSR count). The van der Waals surface area contributed by atoms with Crippen molar-refractivity contribution in [3.8, 4) is 16.3 Å². The predicted octanol–water partition coefficient (Wildman–Crippen LogP) is 4.89. The van der Waals surface area contributed by atoms with E-state index in [4.69, 9.17) is 4.98 Å². The Morgan fingerprint density at radius 2 is 1.83 bits per heavy atom. The van der Waals surface area contributed by atoms with Crippen molar-refractivity contribution in [3.63, 3.8) is 0 Å². The number of aromatic hydroxyl groups is 1. The number of hydrogen-bond acceptors (Lipinski definition) is 4. The summed E-state index contributed by atoms with van der Waals surface area (Å²) in [5.41, 5.74) is 2.72. The molecular formula is C19H16N2OS. The zero-order valence-electron chi connectivity index (χ0n) is 12.9. The second-order valence-corrected chi connectivity index (χ2v) is 6.75. The summed E-state index contributed by atoms with van der Waals surface area (Å²) >= 11 is 1.62. The number of aromatic nitrogens is 1. The van der Waals surface area contributed by atoms with Gasteiger partial charge >= 0.3 is 0 Å². The molecule has 114 valence electrons.